The Bertz CT molecular complexity index is 1560. The van der Waals surface area contributed by atoms with Crippen molar-refractivity contribution in [2.45, 2.75) is 27.3 Å². The third-order valence-corrected chi connectivity index (χ3v) is 6.96. The minimum Gasteiger partial charge on any atom is -0.497 e. The highest BCUT2D eigenvalue weighted by Crippen LogP contribution is 2.29. The second-order valence-corrected chi connectivity index (χ2v) is 9.52. The van der Waals surface area contributed by atoms with Gasteiger partial charge in [-0.15, -0.1) is 11.3 Å². The van der Waals surface area contributed by atoms with Gasteiger partial charge in [-0.2, -0.15) is 5.10 Å². The Balaban J connectivity index is 1.61. The number of nitrogens with zero attached hydrogens (tertiary/aromatic N) is 3. The molecule has 6 heteroatoms. The van der Waals surface area contributed by atoms with E-state index in [0.29, 0.717) is 6.54 Å². The van der Waals surface area contributed by atoms with E-state index in [9.17, 15) is 0 Å². The molecule has 0 aliphatic heterocycles. The van der Waals surface area contributed by atoms with Gasteiger partial charge >= 0.3 is 0 Å². The molecule has 2 aromatic heterocycles. The predicted molar refractivity (Wildman–Crippen MR) is 146 cm³/mol. The van der Waals surface area contributed by atoms with Crippen molar-refractivity contribution in [2.75, 3.05) is 7.11 Å². The molecule has 0 fully saturated rings. The van der Waals surface area contributed by atoms with Crippen LogP contribution in [0.3, 0.4) is 0 Å². The summed E-state index contributed by atoms with van der Waals surface area (Å²) in [5.41, 5.74) is 9.25. The van der Waals surface area contributed by atoms with Crippen LogP contribution in [0.1, 0.15) is 27.8 Å². The number of hydrogen-bond acceptors (Lipinski definition) is 4. The molecule has 5 rings (SSSR count). The molecule has 1 N–H and O–H groups in total. The third-order valence-electron chi connectivity index (χ3n) is 6.11. The monoisotopic (exact) mass is 480 g/mol. The van der Waals surface area contributed by atoms with Gasteiger partial charge in [-0.05, 0) is 55.7 Å². The molecule has 0 radical (unpaired) electrons. The van der Waals surface area contributed by atoms with E-state index in [-0.39, 0.29) is 0 Å². The van der Waals surface area contributed by atoms with Crippen LogP contribution in [-0.4, -0.2) is 23.0 Å². The average molecular weight is 481 g/mol. The quantitative estimate of drug-likeness (QED) is 0.273. The summed E-state index contributed by atoms with van der Waals surface area (Å²) in [5, 5.41) is 8.25. The summed E-state index contributed by atoms with van der Waals surface area (Å²) in [6, 6.07) is 20.7. The molecule has 0 bridgehead atoms. The van der Waals surface area contributed by atoms with E-state index < -0.39 is 0 Å². The minimum absolute atomic E-state index is 0.568. The number of H-pyrrole nitrogens is 1. The van der Waals surface area contributed by atoms with Crippen LogP contribution in [0.5, 0.6) is 5.75 Å². The number of hydrogen-bond donors (Lipinski definition) is 1. The van der Waals surface area contributed by atoms with E-state index >= 15 is 0 Å². The van der Waals surface area contributed by atoms with E-state index in [1.165, 1.54) is 22.3 Å². The van der Waals surface area contributed by atoms with Gasteiger partial charge in [-0.1, -0.05) is 48.0 Å². The Morgan fingerprint density at radius 2 is 1.74 bits per heavy atom. The molecule has 0 saturated heterocycles. The van der Waals surface area contributed by atoms with Crippen molar-refractivity contribution in [2.24, 2.45) is 10.1 Å². The number of aromatic amines is 1. The average Bonchev–Trinajstić information content (AvgIpc) is 3.45. The Morgan fingerprint density at radius 1 is 1.00 bits per heavy atom. The van der Waals surface area contributed by atoms with Crippen LogP contribution in [0, 0.1) is 20.8 Å². The van der Waals surface area contributed by atoms with Crippen molar-refractivity contribution in [3.8, 4) is 17.0 Å². The summed E-state index contributed by atoms with van der Waals surface area (Å²) in [6.07, 6.45) is 3.91. The van der Waals surface area contributed by atoms with Gasteiger partial charge in [0.05, 0.1) is 25.6 Å². The van der Waals surface area contributed by atoms with E-state index in [0.717, 1.165) is 38.3 Å². The van der Waals surface area contributed by atoms with E-state index in [1.54, 1.807) is 18.4 Å². The molecule has 0 spiro atoms. The Kier molecular flexibility index (Phi) is 6.38. The van der Waals surface area contributed by atoms with Gasteiger partial charge in [0.25, 0.3) is 0 Å². The molecule has 0 aliphatic rings. The molecule has 0 saturated carbocycles. The summed E-state index contributed by atoms with van der Waals surface area (Å²) in [4.78, 5) is 9.12. The number of aromatic nitrogens is 2. The van der Waals surface area contributed by atoms with Crippen LogP contribution in [-0.2, 0) is 6.54 Å². The van der Waals surface area contributed by atoms with Gasteiger partial charge < -0.3 is 9.72 Å². The van der Waals surface area contributed by atoms with Crippen LogP contribution < -0.4 is 9.54 Å². The molecule has 0 aliphatic carbocycles. The van der Waals surface area contributed by atoms with Crippen molar-refractivity contribution in [3.05, 3.63) is 105 Å². The smallest absolute Gasteiger partial charge is 0.206 e. The Labute approximate surface area is 209 Å². The van der Waals surface area contributed by atoms with Gasteiger partial charge in [0.1, 0.15) is 5.75 Å². The molecule has 5 nitrogen and oxygen atoms in total. The van der Waals surface area contributed by atoms with Crippen molar-refractivity contribution in [1.82, 2.24) is 9.66 Å². The zero-order valence-corrected chi connectivity index (χ0v) is 21.2. The zero-order valence-electron chi connectivity index (χ0n) is 20.4. The van der Waals surface area contributed by atoms with Crippen molar-refractivity contribution >= 4 is 28.5 Å². The van der Waals surface area contributed by atoms with Crippen LogP contribution in [0.2, 0.25) is 0 Å². The number of rotatable bonds is 6. The SMILES string of the molecule is COc1ccc(CN=c2scc(-c3c(C)cc(C)cc3C)n2/N=C/c2c[nH]c3ccccc23)cc1. The topological polar surface area (TPSA) is 54.7 Å². The Hall–Kier alpha value is -3.90. The number of benzene rings is 3. The van der Waals surface area contributed by atoms with Gasteiger partial charge in [-0.3, -0.25) is 4.99 Å². The maximum Gasteiger partial charge on any atom is 0.206 e. The lowest BCUT2D eigenvalue weighted by Gasteiger charge is -2.12. The van der Waals surface area contributed by atoms with Crippen LogP contribution >= 0.6 is 11.3 Å². The fourth-order valence-electron chi connectivity index (χ4n) is 4.49. The zero-order chi connectivity index (χ0) is 24.4. The molecule has 176 valence electrons. The molecule has 35 heavy (non-hydrogen) atoms. The first-order chi connectivity index (χ1) is 17.0. The summed E-state index contributed by atoms with van der Waals surface area (Å²) >= 11 is 1.61. The molecule has 0 amide bonds. The molecular formula is C29H28N4OS. The standard InChI is InChI=1S/C29H28N4OS/c1-19-13-20(2)28(21(3)14-19)27-18-35-29(31-15-22-9-11-24(34-4)12-10-22)33(27)32-17-23-16-30-26-8-6-5-7-25(23)26/h5-14,16-18,30H,15H2,1-4H3/b31-29?,32-17+. The Morgan fingerprint density at radius 3 is 2.49 bits per heavy atom. The fourth-order valence-corrected chi connectivity index (χ4v) is 5.31. The van der Waals surface area contributed by atoms with E-state index in [4.69, 9.17) is 14.8 Å². The lowest BCUT2D eigenvalue weighted by Crippen LogP contribution is -2.13. The van der Waals surface area contributed by atoms with E-state index in [1.807, 2.05) is 53.5 Å². The van der Waals surface area contributed by atoms with E-state index in [2.05, 4.69) is 55.4 Å². The van der Waals surface area contributed by atoms with Gasteiger partial charge in [0.2, 0.25) is 4.80 Å². The van der Waals surface area contributed by atoms with Gasteiger partial charge in [0.15, 0.2) is 0 Å². The van der Waals surface area contributed by atoms with Crippen LogP contribution in [0.25, 0.3) is 22.2 Å². The van der Waals surface area contributed by atoms with Crippen molar-refractivity contribution in [1.29, 1.82) is 0 Å². The molecular weight excluding hydrogens is 452 g/mol. The lowest BCUT2D eigenvalue weighted by atomic mass is 9.98. The summed E-state index contributed by atoms with van der Waals surface area (Å²) < 4.78 is 7.25. The highest BCUT2D eigenvalue weighted by atomic mass is 32.1. The van der Waals surface area contributed by atoms with Crippen molar-refractivity contribution < 1.29 is 4.74 Å². The van der Waals surface area contributed by atoms with Crippen LogP contribution in [0.15, 0.2) is 82.3 Å². The molecule has 3 aromatic carbocycles. The first kappa shape index (κ1) is 22.9. The summed E-state index contributed by atoms with van der Waals surface area (Å²) in [7, 11) is 1.68. The maximum absolute atomic E-state index is 5.28. The first-order valence-electron chi connectivity index (χ1n) is 11.6. The summed E-state index contributed by atoms with van der Waals surface area (Å²) in [6.45, 7) is 7.03. The molecule has 0 unspecified atom stereocenters. The first-order valence-corrected chi connectivity index (χ1v) is 12.4. The second kappa shape index (κ2) is 9.76. The highest BCUT2D eigenvalue weighted by Gasteiger charge is 2.13. The number of thiazole rings is 1. The van der Waals surface area contributed by atoms with Crippen LogP contribution in [0.4, 0.5) is 0 Å². The number of para-hydroxylation sites is 1. The fraction of sp³-hybridized carbons (Fsp3) is 0.172. The number of nitrogens with one attached hydrogen (secondary N) is 1. The summed E-state index contributed by atoms with van der Waals surface area (Å²) in [5.74, 6) is 0.843. The highest BCUT2D eigenvalue weighted by molar-refractivity contribution is 7.07. The van der Waals surface area contributed by atoms with Gasteiger partial charge in [0, 0.05) is 33.6 Å². The van der Waals surface area contributed by atoms with Gasteiger partial charge in [-0.25, -0.2) is 4.68 Å². The predicted octanol–water partition coefficient (Wildman–Crippen LogP) is 6.61. The third kappa shape index (κ3) is 4.70. The number of aryl methyl sites for hydroxylation is 3. The number of fused-ring (bicyclic) bond motifs is 1. The number of ether oxygens (including phenoxy) is 1. The molecule has 2 heterocycles. The minimum atomic E-state index is 0.568. The van der Waals surface area contributed by atoms with Crippen molar-refractivity contribution in [3.63, 3.8) is 0 Å². The normalized spacial score (nSPS) is 12.2. The maximum atomic E-state index is 5.28. The largest absolute Gasteiger partial charge is 0.497 e. The number of methoxy groups -OCH3 is 1. The molecule has 5 aromatic rings. The molecule has 0 atom stereocenters. The lowest BCUT2D eigenvalue weighted by molar-refractivity contribution is 0.414. The second-order valence-electron chi connectivity index (χ2n) is 8.69.